The smallest absolute Gasteiger partial charge is 0.0771 e. The van der Waals surface area contributed by atoms with Crippen LogP contribution in [-0.2, 0) is 0 Å². The Kier molecular flexibility index (Phi) is 3.72. The summed E-state index contributed by atoms with van der Waals surface area (Å²) >= 11 is 0. The number of aliphatic hydroxyl groups is 1. The van der Waals surface area contributed by atoms with Crippen molar-refractivity contribution in [2.75, 3.05) is 0 Å². The van der Waals surface area contributed by atoms with E-state index in [1.54, 1.807) is 13.8 Å². The molecule has 0 aliphatic rings. The summed E-state index contributed by atoms with van der Waals surface area (Å²) in [5, 5.41) is 9.44. The van der Waals surface area contributed by atoms with Gasteiger partial charge in [-0.1, -0.05) is 32.1 Å². The van der Waals surface area contributed by atoms with Crippen LogP contribution in [-0.4, -0.2) is 10.7 Å². The van der Waals surface area contributed by atoms with Crippen molar-refractivity contribution in [3.05, 3.63) is 24.8 Å². The highest BCUT2D eigenvalue weighted by molar-refractivity contribution is 5.03. The molecule has 1 heteroatoms. The van der Waals surface area contributed by atoms with Crippen LogP contribution in [0.2, 0.25) is 0 Å². The van der Waals surface area contributed by atoms with Gasteiger partial charge in [-0.15, -0.1) is 6.58 Å². The molecule has 0 aliphatic carbocycles. The van der Waals surface area contributed by atoms with Crippen LogP contribution in [0.1, 0.15) is 34.1 Å². The highest BCUT2D eigenvalue weighted by Gasteiger charge is 2.14. The predicted molar refractivity (Wildman–Crippen MR) is 54.0 cm³/mol. The number of hydrogen-bond acceptors (Lipinski definition) is 1. The third-order valence-electron chi connectivity index (χ3n) is 1.61. The quantitative estimate of drug-likeness (QED) is 0.640. The van der Waals surface area contributed by atoms with Crippen molar-refractivity contribution in [3.63, 3.8) is 0 Å². The molecule has 0 spiro atoms. The van der Waals surface area contributed by atoms with Crippen molar-refractivity contribution in [1.29, 1.82) is 0 Å². The average Bonchev–Trinajstić information content (AvgIpc) is 1.83. The molecule has 0 aromatic carbocycles. The van der Waals surface area contributed by atoms with Crippen molar-refractivity contribution < 1.29 is 5.11 Å². The monoisotopic (exact) mass is 168 g/mol. The zero-order valence-electron chi connectivity index (χ0n) is 8.59. The van der Waals surface area contributed by atoms with E-state index < -0.39 is 5.60 Å². The Morgan fingerprint density at radius 3 is 2.00 bits per heavy atom. The van der Waals surface area contributed by atoms with E-state index in [0.29, 0.717) is 0 Å². The molecule has 0 radical (unpaired) electrons. The minimum atomic E-state index is -0.710. The van der Waals surface area contributed by atoms with Gasteiger partial charge in [-0.05, 0) is 25.7 Å². The Morgan fingerprint density at radius 1 is 1.17 bits per heavy atom. The van der Waals surface area contributed by atoms with Crippen molar-refractivity contribution >= 4 is 0 Å². The van der Waals surface area contributed by atoms with Gasteiger partial charge < -0.3 is 5.11 Å². The summed E-state index contributed by atoms with van der Waals surface area (Å²) in [6, 6.07) is 0. The van der Waals surface area contributed by atoms with Gasteiger partial charge in [0.25, 0.3) is 0 Å². The van der Waals surface area contributed by atoms with Gasteiger partial charge in [0.2, 0.25) is 0 Å². The molecule has 0 saturated heterocycles. The van der Waals surface area contributed by atoms with E-state index in [4.69, 9.17) is 0 Å². The van der Waals surface area contributed by atoms with Crippen molar-refractivity contribution in [3.8, 4) is 0 Å². The summed E-state index contributed by atoms with van der Waals surface area (Å²) in [6.45, 7) is 11.5. The maximum Gasteiger partial charge on any atom is 0.0771 e. The number of allylic oxidation sites excluding steroid dienone is 2. The molecule has 0 rings (SSSR count). The van der Waals surface area contributed by atoms with Crippen LogP contribution >= 0.6 is 0 Å². The molecular formula is C11H20O. The van der Waals surface area contributed by atoms with Gasteiger partial charge in [-0.3, -0.25) is 0 Å². The van der Waals surface area contributed by atoms with Crippen LogP contribution in [0.15, 0.2) is 24.8 Å². The Bertz CT molecular complexity index is 170. The fourth-order valence-electron chi connectivity index (χ4n) is 0.870. The van der Waals surface area contributed by atoms with E-state index in [2.05, 4.69) is 20.4 Å². The predicted octanol–water partition coefficient (Wildman–Crippen LogP) is 2.92. The third kappa shape index (κ3) is 6.17. The molecule has 0 aromatic heterocycles. The fraction of sp³-hybridized carbons (Fsp3) is 0.636. The maximum absolute atomic E-state index is 9.44. The summed E-state index contributed by atoms with van der Waals surface area (Å²) < 4.78 is 0. The average molecular weight is 168 g/mol. The topological polar surface area (TPSA) is 20.2 Å². The number of rotatable bonds is 4. The molecule has 0 aliphatic heterocycles. The Labute approximate surface area is 75.8 Å². The SMILES string of the molecule is C=CCC(C)(C)/C=C/C(C)(C)O. The zero-order valence-corrected chi connectivity index (χ0v) is 8.59. The molecule has 0 aromatic rings. The number of hydrogen-bond donors (Lipinski definition) is 1. The maximum atomic E-state index is 9.44. The van der Waals surface area contributed by atoms with E-state index >= 15 is 0 Å². The molecule has 0 bridgehead atoms. The minimum absolute atomic E-state index is 0.0990. The lowest BCUT2D eigenvalue weighted by molar-refractivity contribution is 0.132. The van der Waals surface area contributed by atoms with Gasteiger partial charge in [0.05, 0.1) is 5.60 Å². The van der Waals surface area contributed by atoms with Crippen LogP contribution in [0.5, 0.6) is 0 Å². The third-order valence-corrected chi connectivity index (χ3v) is 1.61. The highest BCUT2D eigenvalue weighted by Crippen LogP contribution is 2.23. The standard InChI is InChI=1S/C11H20O/c1-6-7-10(2,3)8-9-11(4,5)12/h6,8-9,12H,1,7H2,2-5H3/b9-8+. The molecule has 0 heterocycles. The normalized spacial score (nSPS) is 13.8. The first-order valence-electron chi connectivity index (χ1n) is 4.30. The Morgan fingerprint density at radius 2 is 1.67 bits per heavy atom. The van der Waals surface area contributed by atoms with Gasteiger partial charge in [-0.2, -0.15) is 0 Å². The molecule has 0 fully saturated rings. The summed E-state index contributed by atoms with van der Waals surface area (Å²) in [4.78, 5) is 0. The van der Waals surface area contributed by atoms with Crippen molar-refractivity contribution in [1.82, 2.24) is 0 Å². The van der Waals surface area contributed by atoms with Crippen molar-refractivity contribution in [2.45, 2.75) is 39.7 Å². The second-order valence-corrected chi connectivity index (χ2v) is 4.47. The van der Waals surface area contributed by atoms with Gasteiger partial charge in [0.1, 0.15) is 0 Å². The molecule has 0 atom stereocenters. The molecule has 0 saturated carbocycles. The lowest BCUT2D eigenvalue weighted by Crippen LogP contribution is -2.16. The minimum Gasteiger partial charge on any atom is -0.386 e. The lowest BCUT2D eigenvalue weighted by Gasteiger charge is -2.20. The van der Waals surface area contributed by atoms with Crippen LogP contribution in [0.25, 0.3) is 0 Å². The first-order chi connectivity index (χ1) is 5.27. The largest absolute Gasteiger partial charge is 0.386 e. The molecular weight excluding hydrogens is 148 g/mol. The molecule has 70 valence electrons. The van der Waals surface area contributed by atoms with Gasteiger partial charge in [0.15, 0.2) is 0 Å². The molecule has 0 amide bonds. The van der Waals surface area contributed by atoms with E-state index in [1.807, 2.05) is 18.2 Å². The van der Waals surface area contributed by atoms with E-state index in [-0.39, 0.29) is 5.41 Å². The first-order valence-corrected chi connectivity index (χ1v) is 4.30. The Balaban J connectivity index is 4.22. The van der Waals surface area contributed by atoms with E-state index in [0.717, 1.165) is 6.42 Å². The van der Waals surface area contributed by atoms with Crippen LogP contribution in [0.4, 0.5) is 0 Å². The lowest BCUT2D eigenvalue weighted by atomic mass is 9.87. The zero-order chi connectivity index (χ0) is 9.83. The second-order valence-electron chi connectivity index (χ2n) is 4.47. The highest BCUT2D eigenvalue weighted by atomic mass is 16.3. The van der Waals surface area contributed by atoms with Crippen LogP contribution < -0.4 is 0 Å². The molecule has 12 heavy (non-hydrogen) atoms. The van der Waals surface area contributed by atoms with Crippen LogP contribution in [0.3, 0.4) is 0 Å². The molecule has 1 nitrogen and oxygen atoms in total. The summed E-state index contributed by atoms with van der Waals surface area (Å²) in [5.74, 6) is 0. The Hall–Kier alpha value is -0.560. The first kappa shape index (κ1) is 11.4. The van der Waals surface area contributed by atoms with E-state index in [9.17, 15) is 5.11 Å². The second kappa shape index (κ2) is 3.90. The van der Waals surface area contributed by atoms with Crippen LogP contribution in [0, 0.1) is 5.41 Å². The summed E-state index contributed by atoms with van der Waals surface area (Å²) in [7, 11) is 0. The molecule has 1 N–H and O–H groups in total. The van der Waals surface area contributed by atoms with Gasteiger partial charge in [-0.25, -0.2) is 0 Å². The summed E-state index contributed by atoms with van der Waals surface area (Å²) in [6.07, 6.45) is 6.69. The van der Waals surface area contributed by atoms with Crippen molar-refractivity contribution in [2.24, 2.45) is 5.41 Å². The fourth-order valence-corrected chi connectivity index (χ4v) is 0.870. The van der Waals surface area contributed by atoms with Gasteiger partial charge in [0, 0.05) is 0 Å². The summed E-state index contributed by atoms with van der Waals surface area (Å²) in [5.41, 5.74) is -0.611. The van der Waals surface area contributed by atoms with E-state index in [1.165, 1.54) is 0 Å². The molecule has 0 unspecified atom stereocenters. The van der Waals surface area contributed by atoms with Gasteiger partial charge >= 0.3 is 0 Å².